The van der Waals surface area contributed by atoms with Crippen LogP contribution in [0, 0.1) is 0 Å². The topological polar surface area (TPSA) is 46.2 Å². The van der Waals surface area contributed by atoms with Crippen molar-refractivity contribution >= 4 is 50.5 Å². The van der Waals surface area contributed by atoms with Crippen LogP contribution in [-0.4, -0.2) is 20.1 Å². The van der Waals surface area contributed by atoms with Gasteiger partial charge in [-0.25, -0.2) is 8.42 Å². The molecule has 7 heteroatoms. The number of sulfonamides is 1. The lowest BCUT2D eigenvalue weighted by atomic mass is 10.3. The van der Waals surface area contributed by atoms with Crippen molar-refractivity contribution in [3.63, 3.8) is 0 Å². The fraction of sp³-hybridized carbons (Fsp3) is 0.250. The Morgan fingerprint density at radius 2 is 1.93 bits per heavy atom. The number of benzene rings is 1. The van der Waals surface area contributed by atoms with Gasteiger partial charge in [-0.3, -0.25) is 4.72 Å². The minimum atomic E-state index is -3.45. The second kappa shape index (κ2) is 5.25. The maximum absolute atomic E-state index is 11.4. The van der Waals surface area contributed by atoms with Gasteiger partial charge in [0, 0.05) is 5.88 Å². The van der Waals surface area contributed by atoms with E-state index in [4.69, 9.17) is 34.8 Å². The SMILES string of the molecule is O=S(=O)(CCCl)Nc1cccc(Cl)c1Cl. The molecule has 0 saturated carbocycles. The number of nitrogens with one attached hydrogen (secondary N) is 1. The van der Waals surface area contributed by atoms with Crippen LogP contribution in [0.4, 0.5) is 5.69 Å². The first kappa shape index (κ1) is 12.9. The number of rotatable bonds is 4. The Balaban J connectivity index is 2.95. The zero-order chi connectivity index (χ0) is 11.5. The van der Waals surface area contributed by atoms with Gasteiger partial charge in [-0.2, -0.15) is 0 Å². The standard InChI is InChI=1S/C8H8Cl3NO2S/c9-4-5-15(13,14)12-7-3-1-2-6(10)8(7)11/h1-3,12H,4-5H2. The van der Waals surface area contributed by atoms with Gasteiger partial charge in [0.2, 0.25) is 10.0 Å². The van der Waals surface area contributed by atoms with E-state index in [1.54, 1.807) is 12.1 Å². The summed E-state index contributed by atoms with van der Waals surface area (Å²) in [6.07, 6.45) is 0. The average Bonchev–Trinajstić information content (AvgIpc) is 2.12. The van der Waals surface area contributed by atoms with Crippen LogP contribution < -0.4 is 4.72 Å². The molecule has 0 aliphatic carbocycles. The monoisotopic (exact) mass is 287 g/mol. The maximum atomic E-state index is 11.4. The van der Waals surface area contributed by atoms with E-state index in [9.17, 15) is 8.42 Å². The van der Waals surface area contributed by atoms with Gasteiger partial charge in [0.1, 0.15) is 0 Å². The fourth-order valence-corrected chi connectivity index (χ4v) is 2.73. The van der Waals surface area contributed by atoms with Crippen LogP contribution in [0.2, 0.25) is 10.0 Å². The van der Waals surface area contributed by atoms with Crippen LogP contribution in [0.5, 0.6) is 0 Å². The van der Waals surface area contributed by atoms with Gasteiger partial charge in [0.05, 0.1) is 21.5 Å². The molecule has 3 nitrogen and oxygen atoms in total. The smallest absolute Gasteiger partial charge is 0.233 e. The zero-order valence-corrected chi connectivity index (χ0v) is 10.6. The molecule has 0 atom stereocenters. The van der Waals surface area contributed by atoms with E-state index in [2.05, 4.69) is 4.72 Å². The molecule has 1 N–H and O–H groups in total. The van der Waals surface area contributed by atoms with Crippen LogP contribution >= 0.6 is 34.8 Å². The molecule has 0 unspecified atom stereocenters. The number of anilines is 1. The van der Waals surface area contributed by atoms with Gasteiger partial charge in [0.15, 0.2) is 0 Å². The van der Waals surface area contributed by atoms with Crippen molar-refractivity contribution in [2.24, 2.45) is 0 Å². The largest absolute Gasteiger partial charge is 0.282 e. The van der Waals surface area contributed by atoms with Crippen molar-refractivity contribution in [1.82, 2.24) is 0 Å². The number of hydrogen-bond acceptors (Lipinski definition) is 2. The lowest BCUT2D eigenvalue weighted by molar-refractivity contribution is 0.602. The summed E-state index contributed by atoms with van der Waals surface area (Å²) in [5, 5.41) is 0.472. The molecule has 0 saturated heterocycles. The predicted octanol–water partition coefficient (Wildman–Crippen LogP) is 2.97. The summed E-state index contributed by atoms with van der Waals surface area (Å²) in [5.41, 5.74) is 0.259. The van der Waals surface area contributed by atoms with Crippen molar-refractivity contribution in [3.8, 4) is 0 Å². The molecular formula is C8H8Cl3NO2S. The second-order valence-electron chi connectivity index (χ2n) is 2.71. The normalized spacial score (nSPS) is 11.4. The van der Waals surface area contributed by atoms with E-state index in [1.165, 1.54) is 6.07 Å². The highest BCUT2D eigenvalue weighted by atomic mass is 35.5. The first-order valence-corrected chi connectivity index (χ1v) is 6.91. The lowest BCUT2D eigenvalue weighted by Gasteiger charge is -2.08. The maximum Gasteiger partial charge on any atom is 0.233 e. The molecule has 0 fully saturated rings. The summed E-state index contributed by atoms with van der Waals surface area (Å²) in [7, 11) is -3.45. The summed E-state index contributed by atoms with van der Waals surface area (Å²) in [5.74, 6) is -0.148. The molecule has 15 heavy (non-hydrogen) atoms. The van der Waals surface area contributed by atoms with Gasteiger partial charge in [-0.1, -0.05) is 29.3 Å². The highest BCUT2D eigenvalue weighted by molar-refractivity contribution is 7.92. The molecule has 84 valence electrons. The van der Waals surface area contributed by atoms with Crippen LogP contribution in [-0.2, 0) is 10.0 Å². The molecule has 0 aliphatic heterocycles. The third-order valence-electron chi connectivity index (χ3n) is 1.56. The molecule has 0 radical (unpaired) electrons. The van der Waals surface area contributed by atoms with Crippen molar-refractivity contribution in [2.45, 2.75) is 0 Å². The quantitative estimate of drug-likeness (QED) is 0.866. The number of halogens is 3. The fourth-order valence-electron chi connectivity index (χ4n) is 0.903. The summed E-state index contributed by atoms with van der Waals surface area (Å²) in [6.45, 7) is 0. The van der Waals surface area contributed by atoms with Crippen molar-refractivity contribution in [1.29, 1.82) is 0 Å². The minimum Gasteiger partial charge on any atom is -0.282 e. The first-order valence-electron chi connectivity index (χ1n) is 3.97. The van der Waals surface area contributed by atoms with E-state index in [0.717, 1.165) is 0 Å². The molecule has 1 aromatic rings. The molecule has 0 amide bonds. The predicted molar refractivity (Wildman–Crippen MR) is 64.6 cm³/mol. The van der Waals surface area contributed by atoms with E-state index in [0.29, 0.717) is 5.02 Å². The van der Waals surface area contributed by atoms with Crippen LogP contribution in [0.3, 0.4) is 0 Å². The Kier molecular flexibility index (Phi) is 4.52. The molecule has 0 aliphatic rings. The Morgan fingerprint density at radius 1 is 1.27 bits per heavy atom. The Labute approximate surface area is 103 Å². The molecule has 1 rings (SSSR count). The van der Waals surface area contributed by atoms with Gasteiger partial charge in [-0.05, 0) is 12.1 Å². The highest BCUT2D eigenvalue weighted by Crippen LogP contribution is 2.30. The molecule has 0 bridgehead atoms. The van der Waals surface area contributed by atoms with Gasteiger partial charge >= 0.3 is 0 Å². The number of hydrogen-bond donors (Lipinski definition) is 1. The lowest BCUT2D eigenvalue weighted by Crippen LogP contribution is -2.17. The number of alkyl halides is 1. The minimum absolute atomic E-state index is 0.0213. The highest BCUT2D eigenvalue weighted by Gasteiger charge is 2.12. The Bertz CT molecular complexity index is 447. The van der Waals surface area contributed by atoms with Crippen molar-refractivity contribution < 1.29 is 8.42 Å². The van der Waals surface area contributed by atoms with Crippen molar-refractivity contribution in [2.75, 3.05) is 16.4 Å². The molecule has 0 aromatic heterocycles. The molecular weight excluding hydrogens is 281 g/mol. The van der Waals surface area contributed by atoms with Crippen LogP contribution in [0.15, 0.2) is 18.2 Å². The van der Waals surface area contributed by atoms with E-state index in [-0.39, 0.29) is 22.3 Å². The van der Waals surface area contributed by atoms with Gasteiger partial charge in [0.25, 0.3) is 0 Å². The summed E-state index contributed by atoms with van der Waals surface area (Å²) >= 11 is 16.9. The molecule has 0 heterocycles. The molecule has 1 aromatic carbocycles. The third kappa shape index (κ3) is 3.72. The Morgan fingerprint density at radius 3 is 2.53 bits per heavy atom. The van der Waals surface area contributed by atoms with Crippen LogP contribution in [0.25, 0.3) is 0 Å². The summed E-state index contributed by atoms with van der Waals surface area (Å²) in [6, 6.07) is 4.70. The van der Waals surface area contributed by atoms with Gasteiger partial charge < -0.3 is 0 Å². The van der Waals surface area contributed by atoms with Gasteiger partial charge in [-0.15, -0.1) is 11.6 Å². The second-order valence-corrected chi connectivity index (χ2v) is 5.72. The van der Waals surface area contributed by atoms with Crippen molar-refractivity contribution in [3.05, 3.63) is 28.2 Å². The third-order valence-corrected chi connectivity index (χ3v) is 4.07. The van der Waals surface area contributed by atoms with Crippen LogP contribution in [0.1, 0.15) is 0 Å². The van der Waals surface area contributed by atoms with E-state index >= 15 is 0 Å². The average molecular weight is 289 g/mol. The molecule has 0 spiro atoms. The first-order chi connectivity index (χ1) is 6.96. The Hall–Kier alpha value is -0.160. The summed E-state index contributed by atoms with van der Waals surface area (Å²) < 4.78 is 25.0. The van der Waals surface area contributed by atoms with E-state index < -0.39 is 10.0 Å². The zero-order valence-electron chi connectivity index (χ0n) is 7.50. The summed E-state index contributed by atoms with van der Waals surface area (Å²) in [4.78, 5) is 0. The van der Waals surface area contributed by atoms with E-state index in [1.807, 2.05) is 0 Å².